The molecule has 0 radical (unpaired) electrons. The topological polar surface area (TPSA) is 84.3 Å². The van der Waals surface area contributed by atoms with E-state index >= 15 is 0 Å². The minimum atomic E-state index is -1.63. The first kappa shape index (κ1) is 16.6. The summed E-state index contributed by atoms with van der Waals surface area (Å²) < 4.78 is 20.3. The van der Waals surface area contributed by atoms with E-state index in [1.807, 2.05) is 6.07 Å². The van der Waals surface area contributed by atoms with Gasteiger partial charge in [0, 0.05) is 16.5 Å². The summed E-state index contributed by atoms with van der Waals surface area (Å²) >= 11 is 1.27. The second-order valence-electron chi connectivity index (χ2n) is 5.81. The lowest BCUT2D eigenvalue weighted by Gasteiger charge is -2.11. The van der Waals surface area contributed by atoms with Crippen LogP contribution in [0.25, 0.3) is 10.2 Å². The number of thiophene rings is 1. The number of carbonyl (C=O) groups excluding carboxylic acids is 1. The molecule has 1 amide bonds. The SMILES string of the molecule is C=C1O[C@@H](c2csc3c(NC(=O)c4ccccc4)ncnc23)[C@H](F)[C@@H]1O. The van der Waals surface area contributed by atoms with Crippen molar-refractivity contribution in [1.29, 1.82) is 0 Å². The number of aliphatic hydroxyl groups is 1. The van der Waals surface area contributed by atoms with Crippen molar-refractivity contribution < 1.29 is 19.0 Å². The maximum absolute atomic E-state index is 14.3. The first-order valence-corrected chi connectivity index (χ1v) is 8.70. The van der Waals surface area contributed by atoms with Crippen molar-refractivity contribution in [2.75, 3.05) is 5.32 Å². The molecule has 0 aliphatic carbocycles. The summed E-state index contributed by atoms with van der Waals surface area (Å²) in [5, 5.41) is 14.2. The molecule has 1 aliphatic heterocycles. The van der Waals surface area contributed by atoms with Crippen LogP contribution in [0.15, 0.2) is 54.4 Å². The lowest BCUT2D eigenvalue weighted by Crippen LogP contribution is -2.19. The largest absolute Gasteiger partial charge is 0.485 e. The molecule has 2 aromatic heterocycles. The lowest BCUT2D eigenvalue weighted by molar-refractivity contribution is 0.0908. The predicted molar refractivity (Wildman–Crippen MR) is 95.7 cm³/mol. The summed E-state index contributed by atoms with van der Waals surface area (Å²) in [6.45, 7) is 3.52. The quantitative estimate of drug-likeness (QED) is 0.738. The van der Waals surface area contributed by atoms with E-state index in [4.69, 9.17) is 4.74 Å². The Morgan fingerprint density at radius 3 is 2.77 bits per heavy atom. The van der Waals surface area contributed by atoms with E-state index in [1.54, 1.807) is 29.6 Å². The Labute approximate surface area is 152 Å². The highest BCUT2D eigenvalue weighted by Crippen LogP contribution is 2.42. The number of anilines is 1. The molecule has 4 rings (SSSR count). The third-order valence-corrected chi connectivity index (χ3v) is 5.15. The molecule has 0 spiro atoms. The maximum atomic E-state index is 14.3. The second-order valence-corrected chi connectivity index (χ2v) is 6.68. The van der Waals surface area contributed by atoms with Crippen molar-refractivity contribution in [3.8, 4) is 0 Å². The minimum Gasteiger partial charge on any atom is -0.485 e. The molecule has 2 N–H and O–H groups in total. The van der Waals surface area contributed by atoms with E-state index in [-0.39, 0.29) is 11.7 Å². The van der Waals surface area contributed by atoms with Crippen LogP contribution in [-0.4, -0.2) is 33.3 Å². The second kappa shape index (κ2) is 6.47. The van der Waals surface area contributed by atoms with Crippen molar-refractivity contribution >= 4 is 33.3 Å². The Balaban J connectivity index is 1.68. The smallest absolute Gasteiger partial charge is 0.256 e. The Hall–Kier alpha value is -2.84. The van der Waals surface area contributed by atoms with E-state index < -0.39 is 18.4 Å². The molecule has 26 heavy (non-hydrogen) atoms. The van der Waals surface area contributed by atoms with Gasteiger partial charge in [0.1, 0.15) is 18.2 Å². The van der Waals surface area contributed by atoms with Gasteiger partial charge in [-0.25, -0.2) is 14.4 Å². The molecule has 3 aromatic rings. The Kier molecular flexibility index (Phi) is 4.14. The molecule has 1 fully saturated rings. The van der Waals surface area contributed by atoms with Crippen LogP contribution in [0.2, 0.25) is 0 Å². The molecule has 132 valence electrons. The van der Waals surface area contributed by atoms with Gasteiger partial charge >= 0.3 is 0 Å². The molecule has 0 bridgehead atoms. The molecule has 6 nitrogen and oxygen atoms in total. The number of benzene rings is 1. The fourth-order valence-corrected chi connectivity index (χ4v) is 3.79. The molecular formula is C18H14FN3O3S. The van der Waals surface area contributed by atoms with Gasteiger partial charge in [0.05, 0.1) is 10.2 Å². The van der Waals surface area contributed by atoms with Gasteiger partial charge in [-0.15, -0.1) is 11.3 Å². The monoisotopic (exact) mass is 371 g/mol. The van der Waals surface area contributed by atoms with E-state index in [0.717, 1.165) is 0 Å². The summed E-state index contributed by atoms with van der Waals surface area (Å²) in [6.07, 6.45) is -2.68. The number of amides is 1. The summed E-state index contributed by atoms with van der Waals surface area (Å²) in [6, 6.07) is 8.75. The van der Waals surface area contributed by atoms with E-state index in [0.29, 0.717) is 27.2 Å². The van der Waals surface area contributed by atoms with Gasteiger partial charge in [-0.05, 0) is 12.1 Å². The van der Waals surface area contributed by atoms with Gasteiger partial charge in [-0.3, -0.25) is 4.79 Å². The van der Waals surface area contributed by atoms with Crippen molar-refractivity contribution in [2.24, 2.45) is 0 Å². The highest BCUT2D eigenvalue weighted by molar-refractivity contribution is 7.18. The number of ether oxygens (including phenoxy) is 1. The molecular weight excluding hydrogens is 357 g/mol. The molecule has 1 aliphatic rings. The third kappa shape index (κ3) is 2.73. The summed E-state index contributed by atoms with van der Waals surface area (Å²) in [4.78, 5) is 20.7. The number of carbonyl (C=O) groups is 1. The molecule has 8 heteroatoms. The molecule has 1 aromatic carbocycles. The zero-order chi connectivity index (χ0) is 18.3. The number of hydrogen-bond donors (Lipinski definition) is 2. The molecule has 0 saturated carbocycles. The molecule has 3 heterocycles. The zero-order valence-corrected chi connectivity index (χ0v) is 14.2. The molecule has 0 unspecified atom stereocenters. The Bertz CT molecular complexity index is 992. The number of hydrogen-bond acceptors (Lipinski definition) is 6. The van der Waals surface area contributed by atoms with Gasteiger partial charge in [0.15, 0.2) is 18.1 Å². The van der Waals surface area contributed by atoms with Crippen LogP contribution >= 0.6 is 11.3 Å². The number of alkyl halides is 1. The molecule has 3 atom stereocenters. The predicted octanol–water partition coefficient (Wildman–Crippen LogP) is 3.23. The van der Waals surface area contributed by atoms with Gasteiger partial charge < -0.3 is 15.2 Å². The maximum Gasteiger partial charge on any atom is 0.256 e. The average Bonchev–Trinajstić information content (AvgIpc) is 3.20. The third-order valence-electron chi connectivity index (χ3n) is 4.15. The van der Waals surface area contributed by atoms with Gasteiger partial charge in [-0.2, -0.15) is 0 Å². The van der Waals surface area contributed by atoms with E-state index in [1.165, 1.54) is 17.7 Å². The van der Waals surface area contributed by atoms with E-state index in [9.17, 15) is 14.3 Å². The normalized spacial score (nSPS) is 22.4. The zero-order valence-electron chi connectivity index (χ0n) is 13.4. The van der Waals surface area contributed by atoms with Crippen LogP contribution in [0.1, 0.15) is 22.0 Å². The fourth-order valence-electron chi connectivity index (χ4n) is 2.81. The van der Waals surface area contributed by atoms with Crippen LogP contribution < -0.4 is 5.32 Å². The van der Waals surface area contributed by atoms with Gasteiger partial charge in [-0.1, -0.05) is 24.8 Å². The first-order chi connectivity index (χ1) is 12.6. The van der Waals surface area contributed by atoms with Crippen LogP contribution in [0.5, 0.6) is 0 Å². The highest BCUT2D eigenvalue weighted by Gasteiger charge is 2.42. The van der Waals surface area contributed by atoms with E-state index in [2.05, 4.69) is 21.9 Å². The highest BCUT2D eigenvalue weighted by atomic mass is 32.1. The fraction of sp³-hybridized carbons (Fsp3) is 0.167. The van der Waals surface area contributed by atoms with Crippen molar-refractivity contribution in [1.82, 2.24) is 9.97 Å². The number of fused-ring (bicyclic) bond motifs is 1. The van der Waals surface area contributed by atoms with Crippen molar-refractivity contribution in [3.63, 3.8) is 0 Å². The van der Waals surface area contributed by atoms with Crippen LogP contribution in [0.3, 0.4) is 0 Å². The summed E-state index contributed by atoms with van der Waals surface area (Å²) in [5.74, 6) is 0.0335. The average molecular weight is 371 g/mol. The number of nitrogens with zero attached hydrogens (tertiary/aromatic N) is 2. The Morgan fingerprint density at radius 2 is 2.08 bits per heavy atom. The van der Waals surface area contributed by atoms with Crippen LogP contribution in [0, 0.1) is 0 Å². The van der Waals surface area contributed by atoms with Crippen molar-refractivity contribution in [3.05, 3.63) is 65.5 Å². The number of halogens is 1. The first-order valence-electron chi connectivity index (χ1n) is 7.82. The van der Waals surface area contributed by atoms with Crippen molar-refractivity contribution in [2.45, 2.75) is 18.4 Å². The van der Waals surface area contributed by atoms with Gasteiger partial charge in [0.2, 0.25) is 0 Å². The summed E-state index contributed by atoms with van der Waals surface area (Å²) in [5.41, 5.74) is 1.47. The molecule has 1 saturated heterocycles. The van der Waals surface area contributed by atoms with Gasteiger partial charge in [0.25, 0.3) is 5.91 Å². The number of aliphatic hydroxyl groups excluding tert-OH is 1. The lowest BCUT2D eigenvalue weighted by atomic mass is 10.1. The summed E-state index contributed by atoms with van der Waals surface area (Å²) in [7, 11) is 0. The number of nitrogens with one attached hydrogen (secondary N) is 1. The van der Waals surface area contributed by atoms with Crippen LogP contribution in [0.4, 0.5) is 10.2 Å². The minimum absolute atomic E-state index is 0.00601. The number of aromatic nitrogens is 2. The Morgan fingerprint density at radius 1 is 1.31 bits per heavy atom. The number of rotatable bonds is 3. The standard InChI is InChI=1S/C18H14FN3O3S/c1-9-14(23)12(19)15(25-9)11-7-26-16-13(11)20-8-21-17(16)22-18(24)10-5-3-2-4-6-10/h2-8,12,14-15,23H,1H2,(H,20,21,22,24)/t12-,14-,15+/m1/s1. The van der Waals surface area contributed by atoms with Crippen LogP contribution in [-0.2, 0) is 4.74 Å².